The molecule has 1 aliphatic heterocycles. The molecule has 0 spiro atoms. The molecule has 7 nitrogen and oxygen atoms in total. The van der Waals surface area contributed by atoms with Crippen molar-refractivity contribution in [2.45, 2.75) is 25.8 Å². The molecule has 2 N–H and O–H groups in total. The first-order valence-electron chi connectivity index (χ1n) is 9.92. The van der Waals surface area contributed by atoms with Crippen molar-refractivity contribution in [2.24, 2.45) is 0 Å². The van der Waals surface area contributed by atoms with E-state index in [1.807, 2.05) is 24.3 Å². The van der Waals surface area contributed by atoms with Crippen LogP contribution in [0.4, 0.5) is 16.4 Å². The van der Waals surface area contributed by atoms with Gasteiger partial charge in [0.1, 0.15) is 16.6 Å². The van der Waals surface area contributed by atoms with Crippen molar-refractivity contribution in [3.63, 3.8) is 0 Å². The second-order valence-electron chi connectivity index (χ2n) is 7.16. The minimum Gasteiger partial charge on any atom is -0.298 e. The van der Waals surface area contributed by atoms with Gasteiger partial charge in [0.05, 0.1) is 17.3 Å². The summed E-state index contributed by atoms with van der Waals surface area (Å²) in [7, 11) is 0. The Bertz CT molecular complexity index is 1050. The van der Waals surface area contributed by atoms with Crippen molar-refractivity contribution in [3.05, 3.63) is 59.1 Å². The van der Waals surface area contributed by atoms with Gasteiger partial charge in [-0.3, -0.25) is 15.5 Å². The lowest BCUT2D eigenvalue weighted by Crippen LogP contribution is -2.29. The Morgan fingerprint density at radius 3 is 2.57 bits per heavy atom. The highest BCUT2D eigenvalue weighted by Gasteiger charge is 2.12. The van der Waals surface area contributed by atoms with Crippen LogP contribution in [0, 0.1) is 11.3 Å². The van der Waals surface area contributed by atoms with Crippen LogP contribution in [-0.2, 0) is 6.54 Å². The number of pyridine rings is 1. The van der Waals surface area contributed by atoms with E-state index in [2.05, 4.69) is 31.6 Å². The van der Waals surface area contributed by atoms with E-state index in [1.54, 1.807) is 23.6 Å². The molecule has 0 radical (unpaired) electrons. The van der Waals surface area contributed by atoms with E-state index >= 15 is 0 Å². The number of amides is 2. The van der Waals surface area contributed by atoms with Crippen molar-refractivity contribution in [1.82, 2.24) is 14.9 Å². The lowest BCUT2D eigenvalue weighted by Gasteiger charge is -2.26. The summed E-state index contributed by atoms with van der Waals surface area (Å²) in [5.41, 5.74) is 2.45. The molecule has 4 rings (SSSR count). The zero-order valence-corrected chi connectivity index (χ0v) is 17.3. The molecule has 0 saturated carbocycles. The van der Waals surface area contributed by atoms with Gasteiger partial charge in [-0.05, 0) is 50.2 Å². The number of nitriles is 1. The molecule has 1 fully saturated rings. The summed E-state index contributed by atoms with van der Waals surface area (Å²) in [6, 6.07) is 14.6. The zero-order chi connectivity index (χ0) is 20.8. The normalized spacial score (nSPS) is 14.1. The van der Waals surface area contributed by atoms with E-state index in [0.717, 1.165) is 35.9 Å². The molecule has 0 aliphatic carbocycles. The van der Waals surface area contributed by atoms with Crippen LogP contribution in [0.25, 0.3) is 10.6 Å². The fourth-order valence-electron chi connectivity index (χ4n) is 3.40. The number of aromatic nitrogens is 2. The van der Waals surface area contributed by atoms with E-state index in [9.17, 15) is 4.79 Å². The van der Waals surface area contributed by atoms with E-state index < -0.39 is 0 Å². The lowest BCUT2D eigenvalue weighted by atomic mass is 10.1. The summed E-state index contributed by atoms with van der Waals surface area (Å²) < 4.78 is 0. The summed E-state index contributed by atoms with van der Waals surface area (Å²) in [5, 5.41) is 17.0. The number of urea groups is 1. The highest BCUT2D eigenvalue weighted by molar-refractivity contribution is 7.13. The molecule has 3 aromatic rings. The first kappa shape index (κ1) is 20.0. The molecule has 2 amide bonds. The predicted octanol–water partition coefficient (Wildman–Crippen LogP) is 4.71. The molecule has 0 atom stereocenters. The van der Waals surface area contributed by atoms with Gasteiger partial charge in [0.25, 0.3) is 0 Å². The Morgan fingerprint density at radius 2 is 1.80 bits per heavy atom. The number of hydrogen-bond donors (Lipinski definition) is 2. The van der Waals surface area contributed by atoms with Gasteiger partial charge in [0, 0.05) is 17.5 Å². The third-order valence-corrected chi connectivity index (χ3v) is 5.78. The largest absolute Gasteiger partial charge is 0.326 e. The third-order valence-electron chi connectivity index (χ3n) is 4.89. The number of benzene rings is 1. The van der Waals surface area contributed by atoms with Crippen LogP contribution in [0.5, 0.6) is 0 Å². The number of carbonyl (C=O) groups excluding carboxylic acids is 1. The number of likely N-dealkylation sites (tertiary alicyclic amines) is 1. The van der Waals surface area contributed by atoms with Crippen molar-refractivity contribution in [2.75, 3.05) is 23.7 Å². The van der Waals surface area contributed by atoms with Crippen LogP contribution in [-0.4, -0.2) is 34.0 Å². The number of nitrogens with zero attached hydrogens (tertiary/aromatic N) is 4. The second kappa shape index (κ2) is 9.48. The van der Waals surface area contributed by atoms with Crippen LogP contribution in [0.1, 0.15) is 30.5 Å². The first-order valence-corrected chi connectivity index (χ1v) is 10.8. The van der Waals surface area contributed by atoms with Crippen molar-refractivity contribution in [1.29, 1.82) is 5.26 Å². The monoisotopic (exact) mass is 418 g/mol. The maximum absolute atomic E-state index is 12.4. The van der Waals surface area contributed by atoms with E-state index in [-0.39, 0.29) is 6.03 Å². The van der Waals surface area contributed by atoms with Gasteiger partial charge in [0.2, 0.25) is 0 Å². The van der Waals surface area contributed by atoms with Crippen LogP contribution < -0.4 is 10.6 Å². The number of hydrogen-bond acceptors (Lipinski definition) is 6. The Labute approximate surface area is 179 Å². The van der Waals surface area contributed by atoms with Gasteiger partial charge < -0.3 is 0 Å². The number of nitrogens with one attached hydrogen (secondary N) is 2. The minimum atomic E-state index is -0.380. The van der Waals surface area contributed by atoms with Crippen LogP contribution >= 0.6 is 11.3 Å². The molecule has 152 valence electrons. The van der Waals surface area contributed by atoms with Gasteiger partial charge in [-0.2, -0.15) is 5.26 Å². The Kier molecular flexibility index (Phi) is 6.32. The zero-order valence-electron chi connectivity index (χ0n) is 16.5. The lowest BCUT2D eigenvalue weighted by molar-refractivity contribution is 0.218. The molecule has 0 bridgehead atoms. The minimum absolute atomic E-state index is 0.380. The SMILES string of the molecule is N#Cc1ccc(-c2nc(NC(=O)Nc3cccc(CN4CCCCC4)n3)cs2)cc1. The van der Waals surface area contributed by atoms with E-state index in [0.29, 0.717) is 17.2 Å². The Hall–Kier alpha value is -3.28. The standard InChI is InChI=1S/C22H22N6OS/c23-13-16-7-9-17(10-8-16)21-25-20(15-30-21)27-22(29)26-19-6-4-5-18(24-19)14-28-11-2-1-3-12-28/h4-10,15H,1-3,11-12,14H2,(H2,24,26,27,29). The molecule has 1 aliphatic rings. The molecule has 3 heterocycles. The number of anilines is 2. The third kappa shape index (κ3) is 5.20. The summed E-state index contributed by atoms with van der Waals surface area (Å²) in [6.07, 6.45) is 3.77. The number of carbonyl (C=O) groups is 1. The van der Waals surface area contributed by atoms with Gasteiger partial charge in [-0.15, -0.1) is 11.3 Å². The van der Waals surface area contributed by atoms with E-state index in [1.165, 1.54) is 30.6 Å². The average molecular weight is 419 g/mol. The summed E-state index contributed by atoms with van der Waals surface area (Å²) in [4.78, 5) is 23.8. The van der Waals surface area contributed by atoms with Crippen LogP contribution in [0.3, 0.4) is 0 Å². The molecule has 0 unspecified atom stereocenters. The molecule has 1 aromatic carbocycles. The second-order valence-corrected chi connectivity index (χ2v) is 8.02. The maximum Gasteiger partial charge on any atom is 0.326 e. The summed E-state index contributed by atoms with van der Waals surface area (Å²) >= 11 is 1.43. The molecular formula is C22H22N6OS. The van der Waals surface area contributed by atoms with Crippen molar-refractivity contribution < 1.29 is 4.79 Å². The number of rotatable bonds is 5. The Balaban J connectivity index is 1.35. The molecular weight excluding hydrogens is 396 g/mol. The maximum atomic E-state index is 12.4. The topological polar surface area (TPSA) is 93.9 Å². The summed E-state index contributed by atoms with van der Waals surface area (Å²) in [6.45, 7) is 3.01. The number of piperidine rings is 1. The van der Waals surface area contributed by atoms with Gasteiger partial charge in [-0.1, -0.05) is 24.6 Å². The average Bonchev–Trinajstić information content (AvgIpc) is 3.23. The van der Waals surface area contributed by atoms with Crippen LogP contribution in [0.15, 0.2) is 47.8 Å². The highest BCUT2D eigenvalue weighted by Crippen LogP contribution is 2.26. The number of thiazole rings is 1. The molecule has 1 saturated heterocycles. The molecule has 2 aromatic heterocycles. The van der Waals surface area contributed by atoms with Gasteiger partial charge in [-0.25, -0.2) is 14.8 Å². The summed E-state index contributed by atoms with van der Waals surface area (Å²) in [5.74, 6) is 0.992. The fraction of sp³-hybridized carbons (Fsp3) is 0.273. The van der Waals surface area contributed by atoms with Crippen molar-refractivity contribution >= 4 is 29.0 Å². The van der Waals surface area contributed by atoms with Crippen LogP contribution in [0.2, 0.25) is 0 Å². The Morgan fingerprint density at radius 1 is 1.03 bits per heavy atom. The smallest absolute Gasteiger partial charge is 0.298 e. The molecule has 8 heteroatoms. The highest BCUT2D eigenvalue weighted by atomic mass is 32.1. The van der Waals surface area contributed by atoms with E-state index in [4.69, 9.17) is 5.26 Å². The fourth-order valence-corrected chi connectivity index (χ4v) is 4.16. The van der Waals surface area contributed by atoms with Gasteiger partial charge >= 0.3 is 6.03 Å². The molecule has 30 heavy (non-hydrogen) atoms. The van der Waals surface area contributed by atoms with Crippen molar-refractivity contribution in [3.8, 4) is 16.6 Å². The predicted molar refractivity (Wildman–Crippen MR) is 118 cm³/mol. The van der Waals surface area contributed by atoms with Gasteiger partial charge in [0.15, 0.2) is 0 Å². The first-order chi connectivity index (χ1) is 14.7. The quantitative estimate of drug-likeness (QED) is 0.626.